The molecule has 0 saturated heterocycles. The maximum absolute atomic E-state index is 12.3. The van der Waals surface area contributed by atoms with Crippen molar-refractivity contribution in [2.45, 2.75) is 0 Å². The van der Waals surface area contributed by atoms with Gasteiger partial charge in [-0.15, -0.1) is 11.3 Å². The number of benzene rings is 2. The molecule has 0 atom stereocenters. The zero-order valence-electron chi connectivity index (χ0n) is 12.8. The standard InChI is InChI=1S/C20H14N2OS/c23-20(22-17-6-3-11-21-13-17)19-10-9-18(24-19)16-8-7-14-4-1-2-5-15(14)12-16/h1-13H,(H,22,23). The predicted molar refractivity (Wildman–Crippen MR) is 99.5 cm³/mol. The summed E-state index contributed by atoms with van der Waals surface area (Å²) in [5, 5.41) is 5.28. The monoisotopic (exact) mass is 330 g/mol. The van der Waals surface area contributed by atoms with Gasteiger partial charge >= 0.3 is 0 Å². The van der Waals surface area contributed by atoms with Crippen LogP contribution in [0.15, 0.2) is 79.1 Å². The molecule has 116 valence electrons. The van der Waals surface area contributed by atoms with Crippen LogP contribution in [0.5, 0.6) is 0 Å². The predicted octanol–water partition coefficient (Wildman–Crippen LogP) is 5.22. The van der Waals surface area contributed by atoms with Crippen molar-refractivity contribution in [1.82, 2.24) is 4.98 Å². The highest BCUT2D eigenvalue weighted by molar-refractivity contribution is 7.17. The van der Waals surface area contributed by atoms with Gasteiger partial charge in [0.1, 0.15) is 0 Å². The summed E-state index contributed by atoms with van der Waals surface area (Å²) < 4.78 is 0. The quantitative estimate of drug-likeness (QED) is 0.560. The topological polar surface area (TPSA) is 42.0 Å². The van der Waals surface area contributed by atoms with Crippen molar-refractivity contribution < 1.29 is 4.79 Å². The van der Waals surface area contributed by atoms with Crippen LogP contribution in [-0.4, -0.2) is 10.9 Å². The van der Waals surface area contributed by atoms with Gasteiger partial charge in [0.15, 0.2) is 0 Å². The average Bonchev–Trinajstić information content (AvgIpc) is 3.12. The lowest BCUT2D eigenvalue weighted by atomic mass is 10.1. The molecule has 2 heterocycles. The normalized spacial score (nSPS) is 10.7. The lowest BCUT2D eigenvalue weighted by Gasteiger charge is -2.02. The van der Waals surface area contributed by atoms with Crippen LogP contribution in [0.3, 0.4) is 0 Å². The van der Waals surface area contributed by atoms with E-state index in [1.165, 1.54) is 22.1 Å². The van der Waals surface area contributed by atoms with Crippen LogP contribution >= 0.6 is 11.3 Å². The van der Waals surface area contributed by atoms with Crippen molar-refractivity contribution >= 4 is 33.7 Å². The molecule has 2 aromatic carbocycles. The molecule has 3 nitrogen and oxygen atoms in total. The van der Waals surface area contributed by atoms with Gasteiger partial charge in [-0.1, -0.05) is 36.4 Å². The number of hydrogen-bond acceptors (Lipinski definition) is 3. The summed E-state index contributed by atoms with van der Waals surface area (Å²) >= 11 is 1.49. The van der Waals surface area contributed by atoms with Crippen LogP contribution in [0.4, 0.5) is 5.69 Å². The third-order valence-electron chi connectivity index (χ3n) is 3.78. The summed E-state index contributed by atoms with van der Waals surface area (Å²) in [6.45, 7) is 0. The number of carbonyl (C=O) groups is 1. The molecule has 1 N–H and O–H groups in total. The van der Waals surface area contributed by atoms with E-state index in [0.717, 1.165) is 10.4 Å². The van der Waals surface area contributed by atoms with Crippen LogP contribution in [0, 0.1) is 0 Å². The molecule has 0 aliphatic rings. The van der Waals surface area contributed by atoms with Gasteiger partial charge in [0.05, 0.1) is 16.8 Å². The van der Waals surface area contributed by atoms with Crippen LogP contribution in [0.25, 0.3) is 21.2 Å². The number of anilines is 1. The first-order valence-electron chi connectivity index (χ1n) is 7.60. The van der Waals surface area contributed by atoms with E-state index in [1.807, 2.05) is 30.3 Å². The van der Waals surface area contributed by atoms with E-state index in [2.05, 4.69) is 40.6 Å². The Bertz CT molecular complexity index is 1010. The lowest BCUT2D eigenvalue weighted by molar-refractivity contribution is 0.103. The number of rotatable bonds is 3. The Hall–Kier alpha value is -2.98. The number of fused-ring (bicyclic) bond motifs is 1. The smallest absolute Gasteiger partial charge is 0.265 e. The molecule has 0 aliphatic heterocycles. The van der Waals surface area contributed by atoms with E-state index in [4.69, 9.17) is 0 Å². The van der Waals surface area contributed by atoms with E-state index in [0.29, 0.717) is 10.6 Å². The summed E-state index contributed by atoms with van der Waals surface area (Å²) in [7, 11) is 0. The van der Waals surface area contributed by atoms with Gasteiger partial charge < -0.3 is 5.32 Å². The van der Waals surface area contributed by atoms with E-state index in [9.17, 15) is 4.79 Å². The molecule has 0 saturated carbocycles. The van der Waals surface area contributed by atoms with Gasteiger partial charge in [-0.3, -0.25) is 9.78 Å². The Kier molecular flexibility index (Phi) is 3.81. The summed E-state index contributed by atoms with van der Waals surface area (Å²) in [5.74, 6) is -0.111. The Morgan fingerprint density at radius 2 is 1.79 bits per heavy atom. The highest BCUT2D eigenvalue weighted by Gasteiger charge is 2.11. The van der Waals surface area contributed by atoms with Gasteiger partial charge in [-0.25, -0.2) is 0 Å². The zero-order chi connectivity index (χ0) is 16.4. The zero-order valence-corrected chi connectivity index (χ0v) is 13.6. The average molecular weight is 330 g/mol. The molecule has 4 rings (SSSR count). The van der Waals surface area contributed by atoms with Crippen LogP contribution in [0.2, 0.25) is 0 Å². The van der Waals surface area contributed by atoms with Gasteiger partial charge in [0.25, 0.3) is 5.91 Å². The Morgan fingerprint density at radius 3 is 2.62 bits per heavy atom. The molecule has 1 amide bonds. The first-order valence-corrected chi connectivity index (χ1v) is 8.42. The number of carbonyl (C=O) groups excluding carboxylic acids is 1. The van der Waals surface area contributed by atoms with Crippen molar-refractivity contribution in [3.05, 3.63) is 84.0 Å². The molecule has 24 heavy (non-hydrogen) atoms. The highest BCUT2D eigenvalue weighted by atomic mass is 32.1. The van der Waals surface area contributed by atoms with Crippen LogP contribution < -0.4 is 5.32 Å². The largest absolute Gasteiger partial charge is 0.320 e. The second-order valence-electron chi connectivity index (χ2n) is 5.42. The summed E-state index contributed by atoms with van der Waals surface area (Å²) in [6, 6.07) is 22.1. The van der Waals surface area contributed by atoms with E-state index in [1.54, 1.807) is 18.5 Å². The number of hydrogen-bond donors (Lipinski definition) is 1. The molecular weight excluding hydrogens is 316 g/mol. The Morgan fingerprint density at radius 1 is 0.917 bits per heavy atom. The summed E-state index contributed by atoms with van der Waals surface area (Å²) in [4.78, 5) is 18.1. The fourth-order valence-corrected chi connectivity index (χ4v) is 3.48. The van der Waals surface area contributed by atoms with Gasteiger partial charge in [-0.2, -0.15) is 0 Å². The number of amides is 1. The van der Waals surface area contributed by atoms with E-state index in [-0.39, 0.29) is 5.91 Å². The van der Waals surface area contributed by atoms with Crippen LogP contribution in [-0.2, 0) is 0 Å². The second kappa shape index (κ2) is 6.26. The minimum absolute atomic E-state index is 0.111. The van der Waals surface area contributed by atoms with Gasteiger partial charge in [0.2, 0.25) is 0 Å². The second-order valence-corrected chi connectivity index (χ2v) is 6.51. The fourth-order valence-electron chi connectivity index (χ4n) is 2.59. The maximum atomic E-state index is 12.3. The Balaban J connectivity index is 1.60. The van der Waals surface area contributed by atoms with Crippen molar-refractivity contribution in [2.75, 3.05) is 5.32 Å². The molecule has 0 radical (unpaired) electrons. The molecule has 0 aliphatic carbocycles. The summed E-state index contributed by atoms with van der Waals surface area (Å²) in [5.41, 5.74) is 1.82. The van der Waals surface area contributed by atoms with Crippen molar-refractivity contribution in [3.63, 3.8) is 0 Å². The minimum atomic E-state index is -0.111. The number of aromatic nitrogens is 1. The molecular formula is C20H14N2OS. The SMILES string of the molecule is O=C(Nc1cccnc1)c1ccc(-c2ccc3ccccc3c2)s1. The third-order valence-corrected chi connectivity index (χ3v) is 4.92. The molecule has 4 heteroatoms. The van der Waals surface area contributed by atoms with Gasteiger partial charge in [0, 0.05) is 11.1 Å². The first kappa shape index (κ1) is 14.6. The number of nitrogens with zero attached hydrogens (tertiary/aromatic N) is 1. The third kappa shape index (κ3) is 2.92. The van der Waals surface area contributed by atoms with Gasteiger partial charge in [-0.05, 0) is 46.7 Å². The molecule has 0 bridgehead atoms. The van der Waals surface area contributed by atoms with E-state index >= 15 is 0 Å². The summed E-state index contributed by atoms with van der Waals surface area (Å²) in [6.07, 6.45) is 3.31. The Labute approximate surface area is 143 Å². The lowest BCUT2D eigenvalue weighted by Crippen LogP contribution is -2.09. The number of nitrogens with one attached hydrogen (secondary N) is 1. The van der Waals surface area contributed by atoms with E-state index < -0.39 is 0 Å². The minimum Gasteiger partial charge on any atom is -0.320 e. The number of pyridine rings is 1. The van der Waals surface area contributed by atoms with Crippen molar-refractivity contribution in [3.8, 4) is 10.4 Å². The molecule has 4 aromatic rings. The molecule has 2 aromatic heterocycles. The fraction of sp³-hybridized carbons (Fsp3) is 0. The van der Waals surface area contributed by atoms with Crippen LogP contribution in [0.1, 0.15) is 9.67 Å². The molecule has 0 spiro atoms. The van der Waals surface area contributed by atoms with Crippen molar-refractivity contribution in [2.24, 2.45) is 0 Å². The molecule has 0 unspecified atom stereocenters. The maximum Gasteiger partial charge on any atom is 0.265 e. The number of thiophene rings is 1. The molecule has 0 fully saturated rings. The highest BCUT2D eigenvalue weighted by Crippen LogP contribution is 2.30. The first-order chi connectivity index (χ1) is 11.8. The van der Waals surface area contributed by atoms with Crippen molar-refractivity contribution in [1.29, 1.82) is 0 Å².